The van der Waals surface area contributed by atoms with E-state index in [0.717, 1.165) is 57.2 Å². The molecule has 1 saturated carbocycles. The SMILES string of the molecule is CC1N=CC(CCCOC(=O)C(O)(c2ccccc2)C2CCCCCC2)=[N+]1Cc1ccccc1. The van der Waals surface area contributed by atoms with Gasteiger partial charge in [0.25, 0.3) is 0 Å². The Hall–Kier alpha value is -2.79. The van der Waals surface area contributed by atoms with Crippen LogP contribution in [-0.2, 0) is 21.7 Å². The Morgan fingerprint density at radius 3 is 2.35 bits per heavy atom. The largest absolute Gasteiger partial charge is 0.463 e. The summed E-state index contributed by atoms with van der Waals surface area (Å²) in [4.78, 5) is 17.9. The normalized spacial score (nSPS) is 20.7. The number of carbonyl (C=O) groups excluding carboxylic acids is 1. The Bertz CT molecular complexity index is 995. The van der Waals surface area contributed by atoms with Crippen molar-refractivity contribution in [3.63, 3.8) is 0 Å². The van der Waals surface area contributed by atoms with E-state index in [2.05, 4.69) is 40.8 Å². The number of ether oxygens (including phenoxy) is 1. The van der Waals surface area contributed by atoms with Crippen molar-refractivity contribution in [2.45, 2.75) is 76.6 Å². The molecule has 180 valence electrons. The van der Waals surface area contributed by atoms with Crippen molar-refractivity contribution in [2.75, 3.05) is 6.61 Å². The average molecular weight is 462 g/mol. The van der Waals surface area contributed by atoms with Crippen LogP contribution in [0.25, 0.3) is 0 Å². The standard InChI is InChI=1S/C29H37N2O3/c1-23-30-21-27(31(23)22-24-13-6-4-7-14-24)19-12-20-34-28(32)29(33,26-17-10-5-11-18-26)25-15-8-2-3-9-16-25/h4-7,10-11,13-14,17-18,21,23,25,33H,2-3,8-9,12,15-16,19-20,22H2,1H3/q+1. The highest BCUT2D eigenvalue weighted by atomic mass is 16.5. The van der Waals surface area contributed by atoms with Crippen molar-refractivity contribution in [1.82, 2.24) is 0 Å². The van der Waals surface area contributed by atoms with Gasteiger partial charge in [0.15, 0.2) is 17.9 Å². The molecule has 1 aliphatic carbocycles. The van der Waals surface area contributed by atoms with Crippen molar-refractivity contribution in [1.29, 1.82) is 0 Å². The van der Waals surface area contributed by atoms with Gasteiger partial charge >= 0.3 is 5.97 Å². The van der Waals surface area contributed by atoms with Gasteiger partial charge in [-0.1, -0.05) is 86.3 Å². The predicted octanol–water partition coefficient (Wildman–Crippen LogP) is 5.25. The molecule has 5 nitrogen and oxygen atoms in total. The van der Waals surface area contributed by atoms with E-state index in [0.29, 0.717) is 12.0 Å². The van der Waals surface area contributed by atoms with E-state index >= 15 is 0 Å². The Balaban J connectivity index is 1.39. The van der Waals surface area contributed by atoms with Crippen LogP contribution in [0.2, 0.25) is 0 Å². The fraction of sp³-hybridized carbons (Fsp3) is 0.483. The highest BCUT2D eigenvalue weighted by molar-refractivity contribution is 6.28. The lowest BCUT2D eigenvalue weighted by molar-refractivity contribution is -0.572. The minimum Gasteiger partial charge on any atom is -0.463 e. The number of esters is 1. The van der Waals surface area contributed by atoms with E-state index in [4.69, 9.17) is 4.74 Å². The second-order valence-electron chi connectivity index (χ2n) is 9.58. The number of benzene rings is 2. The maximum Gasteiger partial charge on any atom is 0.343 e. The summed E-state index contributed by atoms with van der Waals surface area (Å²) in [6.45, 7) is 3.19. The third kappa shape index (κ3) is 5.64. The minimum atomic E-state index is -1.58. The first-order valence-corrected chi connectivity index (χ1v) is 12.7. The zero-order valence-electron chi connectivity index (χ0n) is 20.2. The lowest BCUT2D eigenvalue weighted by Crippen LogP contribution is -2.44. The van der Waals surface area contributed by atoms with Crippen LogP contribution in [0.4, 0.5) is 0 Å². The summed E-state index contributed by atoms with van der Waals surface area (Å²) in [5.41, 5.74) is 1.48. The van der Waals surface area contributed by atoms with Gasteiger partial charge in [-0.2, -0.15) is 0 Å². The third-order valence-electron chi connectivity index (χ3n) is 7.24. The van der Waals surface area contributed by atoms with E-state index in [1.807, 2.05) is 42.6 Å². The molecule has 2 atom stereocenters. The Kier molecular flexibility index (Phi) is 8.28. The fourth-order valence-corrected chi connectivity index (χ4v) is 5.25. The monoisotopic (exact) mass is 461 g/mol. The third-order valence-corrected chi connectivity index (χ3v) is 7.24. The quantitative estimate of drug-likeness (QED) is 0.240. The highest BCUT2D eigenvalue weighted by Gasteiger charge is 2.46. The molecule has 0 aromatic heterocycles. The zero-order chi connectivity index (χ0) is 23.8. The van der Waals surface area contributed by atoms with Gasteiger partial charge in [0, 0.05) is 24.8 Å². The van der Waals surface area contributed by atoms with Gasteiger partial charge in [-0.15, -0.1) is 0 Å². The molecule has 4 rings (SSSR count). The lowest BCUT2D eigenvalue weighted by atomic mass is 9.77. The average Bonchev–Trinajstić information content (AvgIpc) is 3.06. The molecule has 0 amide bonds. The number of hydrogen-bond donors (Lipinski definition) is 1. The van der Waals surface area contributed by atoms with E-state index in [9.17, 15) is 9.90 Å². The molecule has 2 aromatic carbocycles. The van der Waals surface area contributed by atoms with Crippen LogP contribution in [-0.4, -0.2) is 40.4 Å². The molecule has 2 aromatic rings. The van der Waals surface area contributed by atoms with Crippen molar-refractivity contribution in [2.24, 2.45) is 10.9 Å². The molecule has 34 heavy (non-hydrogen) atoms. The first-order valence-electron chi connectivity index (χ1n) is 12.7. The Morgan fingerprint density at radius 2 is 1.68 bits per heavy atom. The van der Waals surface area contributed by atoms with Crippen LogP contribution in [0.3, 0.4) is 0 Å². The van der Waals surface area contributed by atoms with Gasteiger partial charge in [-0.25, -0.2) is 14.4 Å². The van der Waals surface area contributed by atoms with Crippen LogP contribution in [0.15, 0.2) is 65.7 Å². The summed E-state index contributed by atoms with van der Waals surface area (Å²) >= 11 is 0. The van der Waals surface area contributed by atoms with Gasteiger partial charge in [0.05, 0.1) is 12.8 Å². The van der Waals surface area contributed by atoms with Gasteiger partial charge in [-0.3, -0.25) is 0 Å². The first kappa shape index (κ1) is 24.3. The number of aliphatic hydroxyl groups is 1. The molecule has 2 unspecified atom stereocenters. The first-order chi connectivity index (χ1) is 16.6. The van der Waals surface area contributed by atoms with E-state index in [1.54, 1.807) is 0 Å². The predicted molar refractivity (Wildman–Crippen MR) is 135 cm³/mol. The van der Waals surface area contributed by atoms with Crippen molar-refractivity contribution < 1.29 is 19.2 Å². The van der Waals surface area contributed by atoms with Crippen molar-refractivity contribution >= 4 is 17.9 Å². The summed E-state index contributed by atoms with van der Waals surface area (Å²) in [6, 6.07) is 19.7. The Labute approximate surface area is 203 Å². The number of rotatable bonds is 9. The summed E-state index contributed by atoms with van der Waals surface area (Å²) in [5.74, 6) is -0.617. The van der Waals surface area contributed by atoms with Gasteiger partial charge in [0.2, 0.25) is 6.17 Å². The number of nitrogens with zero attached hydrogens (tertiary/aromatic N) is 2. The van der Waals surface area contributed by atoms with Crippen LogP contribution in [0.1, 0.15) is 69.4 Å². The highest BCUT2D eigenvalue weighted by Crippen LogP contribution is 2.39. The van der Waals surface area contributed by atoms with E-state index < -0.39 is 11.6 Å². The van der Waals surface area contributed by atoms with Crippen molar-refractivity contribution in [3.8, 4) is 0 Å². The Morgan fingerprint density at radius 1 is 1.03 bits per heavy atom. The van der Waals surface area contributed by atoms with Crippen molar-refractivity contribution in [3.05, 3.63) is 71.8 Å². The van der Waals surface area contributed by atoms with Crippen LogP contribution in [0, 0.1) is 5.92 Å². The number of hydrogen-bond acceptors (Lipinski definition) is 4. The maximum atomic E-state index is 13.3. The zero-order valence-corrected chi connectivity index (χ0v) is 20.2. The molecule has 5 heteroatoms. The molecule has 2 aliphatic rings. The summed E-state index contributed by atoms with van der Waals surface area (Å²) in [7, 11) is 0. The molecule has 0 bridgehead atoms. The molecule has 1 heterocycles. The van der Waals surface area contributed by atoms with Crippen LogP contribution >= 0.6 is 0 Å². The molecule has 1 fully saturated rings. The number of aliphatic imine (C=N–C) groups is 1. The molecule has 0 saturated heterocycles. The van der Waals surface area contributed by atoms with Crippen LogP contribution < -0.4 is 0 Å². The summed E-state index contributed by atoms with van der Waals surface area (Å²) < 4.78 is 8.03. The van der Waals surface area contributed by atoms with Gasteiger partial charge in [0.1, 0.15) is 0 Å². The lowest BCUT2D eigenvalue weighted by Gasteiger charge is -2.34. The van der Waals surface area contributed by atoms with E-state index in [-0.39, 0.29) is 18.7 Å². The molecular formula is C29H37N2O3+. The second kappa shape index (κ2) is 11.6. The summed E-state index contributed by atoms with van der Waals surface area (Å²) in [6.07, 6.45) is 9.63. The molecule has 0 radical (unpaired) electrons. The maximum absolute atomic E-state index is 13.3. The second-order valence-corrected chi connectivity index (χ2v) is 9.58. The summed E-state index contributed by atoms with van der Waals surface area (Å²) in [5, 5.41) is 11.7. The van der Waals surface area contributed by atoms with Crippen LogP contribution in [0.5, 0.6) is 0 Å². The number of carbonyl (C=O) groups is 1. The minimum absolute atomic E-state index is 0.108. The van der Waals surface area contributed by atoms with E-state index in [1.165, 1.54) is 5.56 Å². The topological polar surface area (TPSA) is 61.9 Å². The fourth-order valence-electron chi connectivity index (χ4n) is 5.25. The smallest absolute Gasteiger partial charge is 0.343 e. The van der Waals surface area contributed by atoms with Gasteiger partial charge in [-0.05, 0) is 24.8 Å². The van der Waals surface area contributed by atoms with Gasteiger partial charge < -0.3 is 9.84 Å². The molecular weight excluding hydrogens is 424 g/mol. The molecule has 1 aliphatic heterocycles. The molecule has 0 spiro atoms. The molecule has 1 N–H and O–H groups in total.